The molecular formula is C16H16BrN4O3S+. The number of carbonyl (C=O) groups is 2. The molecule has 2 aliphatic heterocycles. The first-order chi connectivity index (χ1) is 11.9. The zero-order chi connectivity index (χ0) is 17.9. The summed E-state index contributed by atoms with van der Waals surface area (Å²) in [4.78, 5) is 25.1. The third kappa shape index (κ3) is 2.41. The van der Waals surface area contributed by atoms with E-state index in [9.17, 15) is 14.7 Å². The number of β-lactam (4-membered cyclic amide) rings is 1. The van der Waals surface area contributed by atoms with Crippen molar-refractivity contribution >= 4 is 45.1 Å². The molecule has 2 atom stereocenters. The van der Waals surface area contributed by atoms with Crippen molar-refractivity contribution in [2.75, 3.05) is 5.75 Å². The predicted molar refractivity (Wildman–Crippen MR) is 95.8 cm³/mol. The molecule has 0 saturated carbocycles. The van der Waals surface area contributed by atoms with Gasteiger partial charge in [-0.3, -0.25) is 14.1 Å². The quantitative estimate of drug-likeness (QED) is 0.564. The van der Waals surface area contributed by atoms with Crippen molar-refractivity contribution in [3.8, 4) is 0 Å². The average Bonchev–Trinajstić information content (AvgIpc) is 2.97. The van der Waals surface area contributed by atoms with Crippen LogP contribution in [0.15, 0.2) is 40.4 Å². The Labute approximate surface area is 156 Å². The Hall–Kier alpha value is -1.84. The number of carboxylic acids is 1. The number of aliphatic carboxylic acids is 1. The van der Waals surface area contributed by atoms with E-state index in [1.807, 2.05) is 40.4 Å². The molecule has 130 valence electrons. The van der Waals surface area contributed by atoms with Gasteiger partial charge in [0.05, 0.1) is 10.8 Å². The van der Waals surface area contributed by atoms with E-state index in [0.29, 0.717) is 12.3 Å². The summed E-state index contributed by atoms with van der Waals surface area (Å²) in [6.45, 7) is 2.41. The van der Waals surface area contributed by atoms with Gasteiger partial charge < -0.3 is 10.8 Å². The second-order valence-electron chi connectivity index (χ2n) is 6.12. The summed E-state index contributed by atoms with van der Waals surface area (Å²) < 4.78 is 4.98. The highest BCUT2D eigenvalue weighted by Gasteiger charge is 2.52. The number of thioether (sulfide) groups is 1. The van der Waals surface area contributed by atoms with Crippen LogP contribution in [0.1, 0.15) is 5.69 Å². The summed E-state index contributed by atoms with van der Waals surface area (Å²) in [7, 11) is 0. The lowest BCUT2D eigenvalue weighted by Crippen LogP contribution is -2.68. The highest BCUT2D eigenvalue weighted by Crippen LogP contribution is 2.39. The first-order valence-electron chi connectivity index (χ1n) is 7.71. The van der Waals surface area contributed by atoms with E-state index >= 15 is 0 Å². The van der Waals surface area contributed by atoms with Crippen LogP contribution < -0.4 is 10.3 Å². The topological polar surface area (TPSA) is 91.9 Å². The van der Waals surface area contributed by atoms with Crippen LogP contribution in [-0.4, -0.2) is 43.5 Å². The first-order valence-corrected chi connectivity index (χ1v) is 9.55. The summed E-state index contributed by atoms with van der Waals surface area (Å²) >= 11 is 5.01. The zero-order valence-electron chi connectivity index (χ0n) is 13.3. The Morgan fingerprint density at radius 1 is 1.52 bits per heavy atom. The summed E-state index contributed by atoms with van der Waals surface area (Å²) in [6.07, 6.45) is 3.84. The lowest BCUT2D eigenvalue weighted by atomic mass is 10.0. The van der Waals surface area contributed by atoms with E-state index in [4.69, 9.17) is 5.73 Å². The van der Waals surface area contributed by atoms with E-state index in [1.165, 1.54) is 16.7 Å². The Balaban J connectivity index is 1.75. The number of nitrogens with zero attached hydrogens (tertiary/aromatic N) is 3. The smallest absolute Gasteiger partial charge is 0.352 e. The van der Waals surface area contributed by atoms with Gasteiger partial charge in [0.15, 0.2) is 12.7 Å². The van der Waals surface area contributed by atoms with Crippen molar-refractivity contribution < 1.29 is 19.3 Å². The third-order valence-electron chi connectivity index (χ3n) is 4.72. The number of aryl methyl sites for hydroxylation is 1. The molecule has 1 unspecified atom stereocenters. The van der Waals surface area contributed by atoms with E-state index < -0.39 is 12.0 Å². The Morgan fingerprint density at radius 2 is 2.28 bits per heavy atom. The highest BCUT2D eigenvalue weighted by molar-refractivity contribution is 9.10. The second-order valence-corrected chi connectivity index (χ2v) is 8.03. The molecule has 0 aromatic carbocycles. The molecule has 4 heterocycles. The normalized spacial score (nSPS) is 23.0. The van der Waals surface area contributed by atoms with E-state index in [1.54, 1.807) is 0 Å². The molecule has 25 heavy (non-hydrogen) atoms. The van der Waals surface area contributed by atoms with Gasteiger partial charge in [-0.15, -0.1) is 11.8 Å². The number of rotatable bonds is 3. The number of aromatic nitrogens is 2. The van der Waals surface area contributed by atoms with Gasteiger partial charge >= 0.3 is 5.97 Å². The minimum Gasteiger partial charge on any atom is -0.477 e. The van der Waals surface area contributed by atoms with Gasteiger partial charge in [-0.25, -0.2) is 4.79 Å². The van der Waals surface area contributed by atoms with Crippen LogP contribution in [0.3, 0.4) is 0 Å². The molecule has 0 bridgehead atoms. The summed E-state index contributed by atoms with van der Waals surface area (Å²) in [5.74, 6) is -0.850. The van der Waals surface area contributed by atoms with Gasteiger partial charge in [0, 0.05) is 18.2 Å². The molecular weight excluding hydrogens is 408 g/mol. The minimum absolute atomic E-state index is 0.0822. The fourth-order valence-corrected chi connectivity index (χ4v) is 5.08. The van der Waals surface area contributed by atoms with Crippen LogP contribution in [0, 0.1) is 6.92 Å². The number of amides is 1. The highest BCUT2D eigenvalue weighted by atomic mass is 79.9. The van der Waals surface area contributed by atoms with Gasteiger partial charge in [0.1, 0.15) is 22.6 Å². The SMILES string of the molecule is Cc1c2ccc(Br)n2cc[n+]1CC1=C(C(=O)O)N2C(=O)C(N)[C@@H]2SC1. The number of carboxylic acid groups (broad SMARTS) is 1. The van der Waals surface area contributed by atoms with Crippen molar-refractivity contribution in [1.29, 1.82) is 0 Å². The molecule has 0 aliphatic carbocycles. The Bertz CT molecular complexity index is 954. The van der Waals surface area contributed by atoms with Crippen molar-refractivity contribution in [2.24, 2.45) is 5.73 Å². The molecule has 3 N–H and O–H groups in total. The zero-order valence-corrected chi connectivity index (χ0v) is 15.7. The maximum absolute atomic E-state index is 12.0. The largest absolute Gasteiger partial charge is 0.477 e. The number of halogens is 1. The van der Waals surface area contributed by atoms with Crippen molar-refractivity contribution in [1.82, 2.24) is 9.30 Å². The van der Waals surface area contributed by atoms with Gasteiger partial charge in [-0.2, -0.15) is 4.57 Å². The van der Waals surface area contributed by atoms with Gasteiger partial charge in [0.2, 0.25) is 11.6 Å². The summed E-state index contributed by atoms with van der Waals surface area (Å²) in [5.41, 5.74) is 8.64. The van der Waals surface area contributed by atoms with E-state index in [2.05, 4.69) is 15.9 Å². The summed E-state index contributed by atoms with van der Waals surface area (Å²) in [5, 5.41) is 9.37. The van der Waals surface area contributed by atoms with Crippen molar-refractivity contribution in [3.63, 3.8) is 0 Å². The predicted octanol–water partition coefficient (Wildman–Crippen LogP) is 0.879. The molecule has 1 fully saturated rings. The molecule has 4 rings (SSSR count). The minimum atomic E-state index is -1.08. The van der Waals surface area contributed by atoms with Crippen LogP contribution >= 0.6 is 27.7 Å². The van der Waals surface area contributed by atoms with Crippen molar-refractivity contribution in [3.05, 3.63) is 46.1 Å². The van der Waals surface area contributed by atoms with Crippen LogP contribution in [-0.2, 0) is 16.1 Å². The number of hydrogen-bond acceptors (Lipinski definition) is 4. The molecule has 9 heteroatoms. The maximum atomic E-state index is 12.0. The molecule has 1 saturated heterocycles. The monoisotopic (exact) mass is 423 g/mol. The van der Waals surface area contributed by atoms with Crippen molar-refractivity contribution in [2.45, 2.75) is 24.9 Å². The second kappa shape index (κ2) is 5.86. The summed E-state index contributed by atoms with van der Waals surface area (Å²) in [6, 6.07) is 3.37. The molecule has 2 aromatic heterocycles. The van der Waals surface area contributed by atoms with Crippen LogP contribution in [0.25, 0.3) is 5.52 Å². The lowest BCUT2D eigenvalue weighted by molar-refractivity contribution is -0.694. The fraction of sp³-hybridized carbons (Fsp3) is 0.312. The van der Waals surface area contributed by atoms with E-state index in [-0.39, 0.29) is 17.0 Å². The standard InChI is InChI=1S/C16H15BrN4O3S/c1-8-10-2-3-11(17)20(10)5-4-19(8)6-9-7-25-15-12(18)14(22)21(15)13(9)16(23)24/h2-5,12,15H,6-7,18H2,1H3/p+1/t12?,15-/m0/s1. The average molecular weight is 424 g/mol. The first kappa shape index (κ1) is 16.6. The molecule has 1 amide bonds. The van der Waals surface area contributed by atoms with E-state index in [0.717, 1.165) is 21.4 Å². The number of nitrogens with two attached hydrogens (primary N) is 1. The Morgan fingerprint density at radius 3 is 3.00 bits per heavy atom. The molecule has 0 radical (unpaired) electrons. The number of fused-ring (bicyclic) bond motifs is 2. The van der Waals surface area contributed by atoms with Gasteiger partial charge in [0.25, 0.3) is 0 Å². The Kier molecular flexibility index (Phi) is 3.89. The fourth-order valence-electron chi connectivity index (χ4n) is 3.35. The third-order valence-corrected chi connectivity index (χ3v) is 6.72. The molecule has 0 spiro atoms. The molecule has 2 aliphatic rings. The number of carbonyl (C=O) groups excluding carboxylic acids is 1. The lowest BCUT2D eigenvalue weighted by Gasteiger charge is -2.47. The van der Waals surface area contributed by atoms with Gasteiger partial charge in [-0.05, 0) is 28.1 Å². The molecule has 2 aromatic rings. The maximum Gasteiger partial charge on any atom is 0.352 e. The molecule has 7 nitrogen and oxygen atoms in total. The van der Waals surface area contributed by atoms with Gasteiger partial charge in [-0.1, -0.05) is 0 Å². The van der Waals surface area contributed by atoms with Crippen LogP contribution in [0.5, 0.6) is 0 Å². The number of hydrogen-bond donors (Lipinski definition) is 2. The van der Waals surface area contributed by atoms with Crippen LogP contribution in [0.2, 0.25) is 0 Å². The van der Waals surface area contributed by atoms with Crippen LogP contribution in [0.4, 0.5) is 0 Å².